The summed E-state index contributed by atoms with van der Waals surface area (Å²) in [7, 11) is 0. The highest BCUT2D eigenvalue weighted by Gasteiger charge is 2.12. The van der Waals surface area contributed by atoms with Gasteiger partial charge in [-0.2, -0.15) is 5.10 Å². The minimum absolute atomic E-state index is 0.337. The van der Waals surface area contributed by atoms with Gasteiger partial charge in [0.15, 0.2) is 0 Å². The highest BCUT2D eigenvalue weighted by Crippen LogP contribution is 2.21. The molecule has 0 aliphatic rings. The van der Waals surface area contributed by atoms with Crippen molar-refractivity contribution in [2.24, 2.45) is 5.10 Å². The quantitative estimate of drug-likeness (QED) is 0.116. The van der Waals surface area contributed by atoms with Crippen molar-refractivity contribution in [2.75, 3.05) is 0 Å². The molecule has 0 fully saturated rings. The van der Waals surface area contributed by atoms with Crippen LogP contribution in [0.25, 0.3) is 10.8 Å². The van der Waals surface area contributed by atoms with Gasteiger partial charge in [-0.1, -0.05) is 66.7 Å². The van der Waals surface area contributed by atoms with E-state index in [0.717, 1.165) is 21.9 Å². The summed E-state index contributed by atoms with van der Waals surface area (Å²) in [4.78, 5) is 25.1. The molecule has 6 nitrogen and oxygen atoms in total. The van der Waals surface area contributed by atoms with Gasteiger partial charge in [0.2, 0.25) is 0 Å². The number of amides is 1. The molecule has 0 spiro atoms. The largest absolute Gasteiger partial charge is 0.489 e. The minimum atomic E-state index is -0.424. The van der Waals surface area contributed by atoms with E-state index in [9.17, 15) is 9.59 Å². The number of nitrogens with one attached hydrogen (secondary N) is 1. The molecule has 5 rings (SSSR count). The predicted molar refractivity (Wildman–Crippen MR) is 148 cm³/mol. The Labute approximate surface area is 220 Å². The molecule has 0 atom stereocenters. The molecule has 0 aromatic heterocycles. The van der Waals surface area contributed by atoms with E-state index >= 15 is 0 Å². The number of carbonyl (C=O) groups is 2. The third kappa shape index (κ3) is 6.12. The van der Waals surface area contributed by atoms with Crippen LogP contribution in [0.15, 0.2) is 126 Å². The van der Waals surface area contributed by atoms with Crippen molar-refractivity contribution in [1.82, 2.24) is 5.43 Å². The van der Waals surface area contributed by atoms with Crippen molar-refractivity contribution in [3.05, 3.63) is 144 Å². The fraction of sp³-hybridized carbons (Fsp3) is 0.0312. The number of rotatable bonds is 8. The van der Waals surface area contributed by atoms with E-state index in [1.807, 2.05) is 66.7 Å². The van der Waals surface area contributed by atoms with Gasteiger partial charge >= 0.3 is 5.97 Å². The normalized spacial score (nSPS) is 10.8. The maximum absolute atomic E-state index is 12.7. The van der Waals surface area contributed by atoms with E-state index in [4.69, 9.17) is 9.47 Å². The number of fused-ring (bicyclic) bond motifs is 1. The van der Waals surface area contributed by atoms with Crippen molar-refractivity contribution in [2.45, 2.75) is 6.61 Å². The molecule has 0 unspecified atom stereocenters. The Morgan fingerprint density at radius 2 is 1.39 bits per heavy atom. The van der Waals surface area contributed by atoms with Crippen LogP contribution in [0.1, 0.15) is 31.8 Å². The van der Waals surface area contributed by atoms with Crippen molar-refractivity contribution in [3.8, 4) is 11.5 Å². The topological polar surface area (TPSA) is 77.0 Å². The molecular formula is C32H24N2O4. The third-order valence-electron chi connectivity index (χ3n) is 5.84. The van der Waals surface area contributed by atoms with Gasteiger partial charge in [0.05, 0.1) is 11.8 Å². The Kier molecular flexibility index (Phi) is 7.51. The number of benzene rings is 5. The summed E-state index contributed by atoms with van der Waals surface area (Å²) in [6.45, 7) is 0.456. The molecule has 38 heavy (non-hydrogen) atoms. The standard InChI is InChI=1S/C32H24N2O4/c35-31(26-15-19-27(20-16-26)37-22-24-7-2-1-3-8-24)34-33-21-23-13-17-28(18-14-23)38-32(36)30-12-6-10-25-9-4-5-11-29(25)30/h1-21H,22H2,(H,34,35)/b33-21+. The first-order chi connectivity index (χ1) is 18.7. The first kappa shape index (κ1) is 24.5. The maximum Gasteiger partial charge on any atom is 0.344 e. The number of nitrogens with zero attached hydrogens (tertiary/aromatic N) is 1. The average molecular weight is 501 g/mol. The molecule has 186 valence electrons. The molecule has 5 aromatic rings. The van der Waals surface area contributed by atoms with Gasteiger partial charge in [0, 0.05) is 5.56 Å². The van der Waals surface area contributed by atoms with E-state index in [2.05, 4.69) is 10.5 Å². The molecular weight excluding hydrogens is 476 g/mol. The van der Waals surface area contributed by atoms with Gasteiger partial charge in [-0.05, 0) is 76.5 Å². The molecule has 1 amide bonds. The van der Waals surface area contributed by atoms with Gasteiger partial charge in [-0.25, -0.2) is 10.2 Å². The zero-order valence-corrected chi connectivity index (χ0v) is 20.4. The van der Waals surface area contributed by atoms with Crippen LogP contribution in [-0.4, -0.2) is 18.1 Å². The summed E-state index contributed by atoms with van der Waals surface area (Å²) in [5, 5.41) is 5.84. The lowest BCUT2D eigenvalue weighted by molar-refractivity contribution is 0.0736. The fourth-order valence-electron chi connectivity index (χ4n) is 3.86. The highest BCUT2D eigenvalue weighted by molar-refractivity contribution is 6.05. The van der Waals surface area contributed by atoms with Crippen LogP contribution < -0.4 is 14.9 Å². The molecule has 0 bridgehead atoms. The number of carbonyl (C=O) groups excluding carboxylic acids is 2. The van der Waals surface area contributed by atoms with Gasteiger partial charge in [0.1, 0.15) is 18.1 Å². The first-order valence-corrected chi connectivity index (χ1v) is 12.1. The lowest BCUT2D eigenvalue weighted by Crippen LogP contribution is -2.17. The number of hydrogen-bond donors (Lipinski definition) is 1. The lowest BCUT2D eigenvalue weighted by atomic mass is 10.0. The molecule has 0 radical (unpaired) electrons. The summed E-state index contributed by atoms with van der Waals surface area (Å²) >= 11 is 0. The minimum Gasteiger partial charge on any atom is -0.489 e. The molecule has 6 heteroatoms. The average Bonchev–Trinajstić information content (AvgIpc) is 2.97. The Balaban J connectivity index is 1.13. The molecule has 0 aliphatic heterocycles. The second-order valence-corrected chi connectivity index (χ2v) is 8.48. The van der Waals surface area contributed by atoms with Crippen LogP contribution in [-0.2, 0) is 6.61 Å². The molecule has 0 saturated heterocycles. The van der Waals surface area contributed by atoms with E-state index in [1.54, 1.807) is 54.6 Å². The maximum atomic E-state index is 12.7. The highest BCUT2D eigenvalue weighted by atomic mass is 16.5. The van der Waals surface area contributed by atoms with E-state index in [1.165, 1.54) is 6.21 Å². The Morgan fingerprint density at radius 1 is 0.711 bits per heavy atom. The van der Waals surface area contributed by atoms with Crippen LogP contribution in [0.4, 0.5) is 0 Å². The van der Waals surface area contributed by atoms with Gasteiger partial charge in [0.25, 0.3) is 5.91 Å². The van der Waals surface area contributed by atoms with Crippen molar-refractivity contribution in [1.29, 1.82) is 0 Å². The molecule has 5 aromatic carbocycles. The smallest absolute Gasteiger partial charge is 0.344 e. The second-order valence-electron chi connectivity index (χ2n) is 8.48. The SMILES string of the molecule is O=C(N/N=C/c1ccc(OC(=O)c2cccc3ccccc23)cc1)c1ccc(OCc2ccccc2)cc1. The number of esters is 1. The summed E-state index contributed by atoms with van der Waals surface area (Å²) in [5.74, 6) is 0.331. The zero-order chi connectivity index (χ0) is 26.2. The zero-order valence-electron chi connectivity index (χ0n) is 20.4. The number of hydrogen-bond acceptors (Lipinski definition) is 5. The number of ether oxygens (including phenoxy) is 2. The molecule has 0 heterocycles. The van der Waals surface area contributed by atoms with E-state index in [0.29, 0.717) is 29.2 Å². The number of hydrazone groups is 1. The predicted octanol–water partition coefficient (Wildman–Crippen LogP) is 6.40. The third-order valence-corrected chi connectivity index (χ3v) is 5.84. The molecule has 0 aliphatic carbocycles. The Bertz CT molecular complexity index is 1570. The molecule has 0 saturated carbocycles. The molecule has 1 N–H and O–H groups in total. The van der Waals surface area contributed by atoms with Crippen LogP contribution in [0.5, 0.6) is 11.5 Å². The monoisotopic (exact) mass is 500 g/mol. The first-order valence-electron chi connectivity index (χ1n) is 12.1. The van der Waals surface area contributed by atoms with Crippen molar-refractivity contribution in [3.63, 3.8) is 0 Å². The van der Waals surface area contributed by atoms with E-state index < -0.39 is 5.97 Å². The Hall–Kier alpha value is -5.23. The van der Waals surface area contributed by atoms with Crippen molar-refractivity contribution >= 4 is 28.9 Å². The van der Waals surface area contributed by atoms with Gasteiger partial charge in [-0.15, -0.1) is 0 Å². The second kappa shape index (κ2) is 11.7. The van der Waals surface area contributed by atoms with Gasteiger partial charge < -0.3 is 9.47 Å². The summed E-state index contributed by atoms with van der Waals surface area (Å²) in [5.41, 5.74) is 5.29. The van der Waals surface area contributed by atoms with Gasteiger partial charge in [-0.3, -0.25) is 4.79 Å². The van der Waals surface area contributed by atoms with Crippen LogP contribution in [0.3, 0.4) is 0 Å². The fourth-order valence-corrected chi connectivity index (χ4v) is 3.86. The van der Waals surface area contributed by atoms with Crippen molar-refractivity contribution < 1.29 is 19.1 Å². The van der Waals surface area contributed by atoms with Crippen LogP contribution in [0, 0.1) is 0 Å². The lowest BCUT2D eigenvalue weighted by Gasteiger charge is -2.07. The Morgan fingerprint density at radius 3 is 2.18 bits per heavy atom. The van der Waals surface area contributed by atoms with E-state index in [-0.39, 0.29) is 5.91 Å². The van der Waals surface area contributed by atoms with Crippen LogP contribution >= 0.6 is 0 Å². The summed E-state index contributed by atoms with van der Waals surface area (Å²) in [6, 6.07) is 36.8. The summed E-state index contributed by atoms with van der Waals surface area (Å²) in [6.07, 6.45) is 1.52. The van der Waals surface area contributed by atoms with Crippen LogP contribution in [0.2, 0.25) is 0 Å². The summed E-state index contributed by atoms with van der Waals surface area (Å²) < 4.78 is 11.3.